The molecule has 138 valence electrons. The van der Waals surface area contributed by atoms with Gasteiger partial charge < -0.3 is 10.6 Å². The Bertz CT molecular complexity index is 743. The molecule has 0 aliphatic heterocycles. The Hall–Kier alpha value is -2.18. The second-order valence-electron chi connectivity index (χ2n) is 5.87. The molecule has 0 radical (unpaired) electrons. The predicted molar refractivity (Wildman–Crippen MR) is 108 cm³/mol. The van der Waals surface area contributed by atoms with Gasteiger partial charge in [0.05, 0.1) is 12.2 Å². The zero-order valence-electron chi connectivity index (χ0n) is 15.1. The van der Waals surface area contributed by atoms with E-state index in [9.17, 15) is 9.59 Å². The first-order valence-electron chi connectivity index (χ1n) is 8.67. The summed E-state index contributed by atoms with van der Waals surface area (Å²) in [4.78, 5) is 26.5. The number of anilines is 1. The first-order chi connectivity index (χ1) is 12.5. The summed E-state index contributed by atoms with van der Waals surface area (Å²) in [5.74, 6) is -0.537. The first-order valence-corrected chi connectivity index (χ1v) is 9.46. The highest BCUT2D eigenvalue weighted by atomic mass is 79.9. The molecule has 2 aromatic carbocycles. The van der Waals surface area contributed by atoms with Gasteiger partial charge in [-0.1, -0.05) is 38.1 Å². The maximum atomic E-state index is 12.2. The van der Waals surface area contributed by atoms with Crippen LogP contribution in [0.5, 0.6) is 0 Å². The van der Waals surface area contributed by atoms with Crippen LogP contribution in [0, 0.1) is 0 Å². The van der Waals surface area contributed by atoms with E-state index in [2.05, 4.69) is 45.3 Å². The van der Waals surface area contributed by atoms with Gasteiger partial charge in [0.15, 0.2) is 0 Å². The molecule has 2 N–H and O–H groups in total. The fourth-order valence-corrected chi connectivity index (χ4v) is 2.87. The van der Waals surface area contributed by atoms with Crippen molar-refractivity contribution in [3.63, 3.8) is 0 Å². The van der Waals surface area contributed by atoms with E-state index in [1.807, 2.05) is 30.3 Å². The van der Waals surface area contributed by atoms with Crippen LogP contribution in [-0.4, -0.2) is 36.3 Å². The van der Waals surface area contributed by atoms with Gasteiger partial charge in [0, 0.05) is 16.6 Å². The van der Waals surface area contributed by atoms with Crippen molar-refractivity contribution in [2.45, 2.75) is 20.4 Å². The number of hydrogen-bond acceptors (Lipinski definition) is 3. The predicted octanol–water partition coefficient (Wildman–Crippen LogP) is 3.66. The largest absolute Gasteiger partial charge is 0.343 e. The normalized spacial score (nSPS) is 10.6. The number of para-hydroxylation sites is 1. The topological polar surface area (TPSA) is 61.4 Å². The van der Waals surface area contributed by atoms with Crippen molar-refractivity contribution in [1.82, 2.24) is 10.2 Å². The fourth-order valence-electron chi connectivity index (χ4n) is 2.49. The Kier molecular flexibility index (Phi) is 7.81. The van der Waals surface area contributed by atoms with Gasteiger partial charge in [-0.05, 0) is 58.8 Å². The lowest BCUT2D eigenvalue weighted by molar-refractivity contribution is -0.115. The molecule has 0 saturated carbocycles. The molecule has 6 heteroatoms. The molecule has 0 fully saturated rings. The highest BCUT2D eigenvalue weighted by Gasteiger charge is 2.10. The van der Waals surface area contributed by atoms with Crippen LogP contribution < -0.4 is 10.6 Å². The molecule has 0 aliphatic carbocycles. The van der Waals surface area contributed by atoms with Gasteiger partial charge in [-0.3, -0.25) is 14.5 Å². The Morgan fingerprint density at radius 3 is 2.27 bits per heavy atom. The van der Waals surface area contributed by atoms with Crippen molar-refractivity contribution in [2.24, 2.45) is 0 Å². The summed E-state index contributed by atoms with van der Waals surface area (Å²) in [5, 5.41) is 5.40. The molecule has 2 rings (SSSR count). The third-order valence-corrected chi connectivity index (χ3v) is 4.77. The third kappa shape index (κ3) is 5.97. The lowest BCUT2D eigenvalue weighted by Gasteiger charge is -2.18. The standard InChI is InChI=1S/C20H24BrN3O2/c1-3-24(4-2)14-15-9-11-16(12-10-15)20(26)22-13-19(25)23-18-8-6-5-7-17(18)21/h5-12H,3-4,13-14H2,1-2H3,(H,22,26)(H,23,25). The summed E-state index contributed by atoms with van der Waals surface area (Å²) in [7, 11) is 0. The Morgan fingerprint density at radius 1 is 1.00 bits per heavy atom. The van der Waals surface area contributed by atoms with E-state index in [4.69, 9.17) is 0 Å². The number of carbonyl (C=O) groups is 2. The Morgan fingerprint density at radius 2 is 1.65 bits per heavy atom. The van der Waals surface area contributed by atoms with Gasteiger partial charge >= 0.3 is 0 Å². The molecule has 2 aromatic rings. The third-order valence-electron chi connectivity index (χ3n) is 4.07. The van der Waals surface area contributed by atoms with E-state index in [1.165, 1.54) is 0 Å². The molecule has 5 nitrogen and oxygen atoms in total. The van der Waals surface area contributed by atoms with Crippen LogP contribution in [-0.2, 0) is 11.3 Å². The molecule has 0 bridgehead atoms. The van der Waals surface area contributed by atoms with E-state index in [1.54, 1.807) is 18.2 Å². The number of carbonyl (C=O) groups excluding carboxylic acids is 2. The van der Waals surface area contributed by atoms with Crippen molar-refractivity contribution in [1.29, 1.82) is 0 Å². The average molecular weight is 418 g/mol. The molecule has 0 spiro atoms. The van der Waals surface area contributed by atoms with Gasteiger partial charge in [0.25, 0.3) is 5.91 Å². The van der Waals surface area contributed by atoms with Crippen molar-refractivity contribution < 1.29 is 9.59 Å². The van der Waals surface area contributed by atoms with Crippen LogP contribution in [0.1, 0.15) is 29.8 Å². The number of rotatable bonds is 8. The summed E-state index contributed by atoms with van der Waals surface area (Å²) in [6, 6.07) is 14.8. The number of amides is 2. The van der Waals surface area contributed by atoms with Crippen molar-refractivity contribution in [2.75, 3.05) is 25.0 Å². The minimum Gasteiger partial charge on any atom is -0.343 e. The SMILES string of the molecule is CCN(CC)Cc1ccc(C(=O)NCC(=O)Nc2ccccc2Br)cc1. The molecule has 0 saturated heterocycles. The number of halogens is 1. The minimum absolute atomic E-state index is 0.0820. The van der Waals surface area contributed by atoms with E-state index in [0.717, 1.165) is 29.7 Å². The molecule has 2 amide bonds. The number of nitrogens with one attached hydrogen (secondary N) is 2. The second-order valence-corrected chi connectivity index (χ2v) is 6.72. The summed E-state index contributed by atoms with van der Waals surface area (Å²) in [5.41, 5.74) is 2.38. The number of hydrogen-bond donors (Lipinski definition) is 2. The molecular formula is C20H24BrN3O2. The highest BCUT2D eigenvalue weighted by molar-refractivity contribution is 9.10. The van der Waals surface area contributed by atoms with Crippen LogP contribution >= 0.6 is 15.9 Å². The monoisotopic (exact) mass is 417 g/mol. The fraction of sp³-hybridized carbons (Fsp3) is 0.300. The maximum absolute atomic E-state index is 12.2. The van der Waals surface area contributed by atoms with Crippen molar-refractivity contribution in [3.05, 3.63) is 64.1 Å². The molecule has 0 aromatic heterocycles. The Labute approximate surface area is 162 Å². The van der Waals surface area contributed by atoms with Crippen LogP contribution in [0.3, 0.4) is 0 Å². The molecule has 0 atom stereocenters. The lowest BCUT2D eigenvalue weighted by atomic mass is 10.1. The number of nitrogens with zero attached hydrogens (tertiary/aromatic N) is 1. The van der Waals surface area contributed by atoms with Gasteiger partial charge in [0.2, 0.25) is 5.91 Å². The first kappa shape index (κ1) is 20.1. The van der Waals surface area contributed by atoms with E-state index in [0.29, 0.717) is 11.3 Å². The summed E-state index contributed by atoms with van der Waals surface area (Å²) in [6.07, 6.45) is 0. The van der Waals surface area contributed by atoms with Crippen LogP contribution in [0.15, 0.2) is 53.0 Å². The molecule has 0 aliphatic rings. The minimum atomic E-state index is -0.275. The smallest absolute Gasteiger partial charge is 0.251 e. The zero-order chi connectivity index (χ0) is 18.9. The quantitative estimate of drug-likeness (QED) is 0.688. The second kappa shape index (κ2) is 10.1. The van der Waals surface area contributed by atoms with E-state index in [-0.39, 0.29) is 18.4 Å². The van der Waals surface area contributed by atoms with Crippen LogP contribution in [0.25, 0.3) is 0 Å². The van der Waals surface area contributed by atoms with Crippen LogP contribution in [0.4, 0.5) is 5.69 Å². The van der Waals surface area contributed by atoms with Gasteiger partial charge in [-0.25, -0.2) is 0 Å². The Balaban J connectivity index is 1.85. The molecule has 26 heavy (non-hydrogen) atoms. The van der Waals surface area contributed by atoms with Gasteiger partial charge in [-0.2, -0.15) is 0 Å². The van der Waals surface area contributed by atoms with E-state index < -0.39 is 0 Å². The summed E-state index contributed by atoms with van der Waals surface area (Å²) < 4.78 is 0.795. The van der Waals surface area contributed by atoms with E-state index >= 15 is 0 Å². The van der Waals surface area contributed by atoms with Gasteiger partial charge in [-0.15, -0.1) is 0 Å². The van der Waals surface area contributed by atoms with Crippen LogP contribution in [0.2, 0.25) is 0 Å². The summed E-state index contributed by atoms with van der Waals surface area (Å²) in [6.45, 7) is 7.02. The zero-order valence-corrected chi connectivity index (χ0v) is 16.7. The highest BCUT2D eigenvalue weighted by Crippen LogP contribution is 2.20. The molecule has 0 heterocycles. The average Bonchev–Trinajstić information content (AvgIpc) is 2.66. The number of benzene rings is 2. The summed E-state index contributed by atoms with van der Waals surface area (Å²) >= 11 is 3.37. The van der Waals surface area contributed by atoms with Gasteiger partial charge in [0.1, 0.15) is 0 Å². The van der Waals surface area contributed by atoms with Crippen molar-refractivity contribution >= 4 is 33.4 Å². The molecule has 0 unspecified atom stereocenters. The van der Waals surface area contributed by atoms with Crippen molar-refractivity contribution in [3.8, 4) is 0 Å². The maximum Gasteiger partial charge on any atom is 0.251 e. The molecular weight excluding hydrogens is 394 g/mol. The lowest BCUT2D eigenvalue weighted by Crippen LogP contribution is -2.32.